The van der Waals surface area contributed by atoms with Crippen molar-refractivity contribution in [1.29, 1.82) is 5.26 Å². The molecule has 0 bridgehead atoms. The van der Waals surface area contributed by atoms with Crippen LogP contribution in [0.5, 0.6) is 5.75 Å². The van der Waals surface area contributed by atoms with Crippen LogP contribution in [0.25, 0.3) is 0 Å². The van der Waals surface area contributed by atoms with Crippen LogP contribution in [0.15, 0.2) is 42.5 Å². The van der Waals surface area contributed by atoms with Crippen LogP contribution in [0.1, 0.15) is 21.5 Å². The number of ether oxygens (including phenoxy) is 2. The van der Waals surface area contributed by atoms with Gasteiger partial charge in [-0.25, -0.2) is 4.79 Å². The van der Waals surface area contributed by atoms with Gasteiger partial charge in [0, 0.05) is 6.07 Å². The SMILES string of the molecule is COC(=O)c1ccc(COc2ccc(C#N)c(Cl)c2)cc1. The zero-order valence-electron chi connectivity index (χ0n) is 11.3. The largest absolute Gasteiger partial charge is 0.489 e. The molecule has 4 nitrogen and oxygen atoms in total. The maximum Gasteiger partial charge on any atom is 0.337 e. The molecule has 0 fully saturated rings. The minimum atomic E-state index is -0.374. The third-order valence-electron chi connectivity index (χ3n) is 2.84. The van der Waals surface area contributed by atoms with Gasteiger partial charge in [-0.1, -0.05) is 23.7 Å². The van der Waals surface area contributed by atoms with Crippen LogP contribution in [-0.2, 0) is 11.3 Å². The van der Waals surface area contributed by atoms with E-state index >= 15 is 0 Å². The van der Waals surface area contributed by atoms with E-state index in [-0.39, 0.29) is 5.97 Å². The van der Waals surface area contributed by atoms with Gasteiger partial charge in [0.25, 0.3) is 0 Å². The van der Waals surface area contributed by atoms with E-state index in [1.165, 1.54) is 7.11 Å². The normalized spacial score (nSPS) is 9.76. The summed E-state index contributed by atoms with van der Waals surface area (Å²) in [6, 6.07) is 13.8. The molecule has 2 rings (SSSR count). The predicted octanol–water partition coefficient (Wildman–Crippen LogP) is 3.58. The summed E-state index contributed by atoms with van der Waals surface area (Å²) >= 11 is 5.93. The molecule has 21 heavy (non-hydrogen) atoms. The summed E-state index contributed by atoms with van der Waals surface area (Å²) in [6.45, 7) is 0.337. The first-order chi connectivity index (χ1) is 10.1. The lowest BCUT2D eigenvalue weighted by Gasteiger charge is -2.07. The van der Waals surface area contributed by atoms with Crippen molar-refractivity contribution in [2.24, 2.45) is 0 Å². The van der Waals surface area contributed by atoms with Crippen molar-refractivity contribution < 1.29 is 14.3 Å². The molecule has 0 atom stereocenters. The number of rotatable bonds is 4. The Morgan fingerprint density at radius 2 is 1.95 bits per heavy atom. The fourth-order valence-corrected chi connectivity index (χ4v) is 1.91. The highest BCUT2D eigenvalue weighted by atomic mass is 35.5. The summed E-state index contributed by atoms with van der Waals surface area (Å²) in [6.07, 6.45) is 0. The number of hydrogen-bond donors (Lipinski definition) is 0. The maximum absolute atomic E-state index is 11.3. The highest BCUT2D eigenvalue weighted by Gasteiger charge is 2.05. The molecule has 2 aromatic carbocycles. The van der Waals surface area contributed by atoms with Crippen molar-refractivity contribution in [3.05, 3.63) is 64.2 Å². The van der Waals surface area contributed by atoms with Crippen LogP contribution in [0.3, 0.4) is 0 Å². The van der Waals surface area contributed by atoms with E-state index < -0.39 is 0 Å². The van der Waals surface area contributed by atoms with E-state index in [0.717, 1.165) is 5.56 Å². The Hall–Kier alpha value is -2.51. The first kappa shape index (κ1) is 14.9. The lowest BCUT2D eigenvalue weighted by Crippen LogP contribution is -2.02. The molecule has 0 aliphatic heterocycles. The molecule has 0 aliphatic carbocycles. The minimum Gasteiger partial charge on any atom is -0.489 e. The second-order valence-corrected chi connectivity index (χ2v) is 4.64. The molecule has 0 aliphatic rings. The quantitative estimate of drug-likeness (QED) is 0.810. The summed E-state index contributed by atoms with van der Waals surface area (Å²) in [7, 11) is 1.34. The smallest absolute Gasteiger partial charge is 0.337 e. The maximum atomic E-state index is 11.3. The standard InChI is InChI=1S/C16H12ClNO3/c1-20-16(19)12-4-2-11(3-5-12)10-21-14-7-6-13(9-18)15(17)8-14/h2-8H,10H2,1H3. The van der Waals surface area contributed by atoms with Gasteiger partial charge in [-0.05, 0) is 29.8 Å². The van der Waals surface area contributed by atoms with Gasteiger partial charge in [0.15, 0.2) is 0 Å². The molecule has 0 N–H and O–H groups in total. The number of methoxy groups -OCH3 is 1. The van der Waals surface area contributed by atoms with E-state index in [1.54, 1.807) is 42.5 Å². The van der Waals surface area contributed by atoms with E-state index in [2.05, 4.69) is 4.74 Å². The van der Waals surface area contributed by atoms with Gasteiger partial charge in [-0.2, -0.15) is 5.26 Å². The van der Waals surface area contributed by atoms with Crippen LogP contribution in [0.4, 0.5) is 0 Å². The molecule has 5 heteroatoms. The Bertz CT molecular complexity index is 690. The van der Waals surface area contributed by atoms with Gasteiger partial charge >= 0.3 is 5.97 Å². The Kier molecular flexibility index (Phi) is 4.81. The number of benzene rings is 2. The second kappa shape index (κ2) is 6.78. The average Bonchev–Trinajstić information content (AvgIpc) is 2.52. The minimum absolute atomic E-state index is 0.337. The highest BCUT2D eigenvalue weighted by molar-refractivity contribution is 6.31. The Balaban J connectivity index is 2.01. The molecule has 0 heterocycles. The van der Waals surface area contributed by atoms with E-state index in [9.17, 15) is 4.79 Å². The van der Waals surface area contributed by atoms with Crippen LogP contribution < -0.4 is 4.74 Å². The van der Waals surface area contributed by atoms with Gasteiger partial charge in [0.2, 0.25) is 0 Å². The van der Waals surface area contributed by atoms with Gasteiger partial charge in [0.1, 0.15) is 18.4 Å². The first-order valence-electron chi connectivity index (χ1n) is 6.13. The predicted molar refractivity (Wildman–Crippen MR) is 78.3 cm³/mol. The van der Waals surface area contributed by atoms with Crippen LogP contribution >= 0.6 is 11.6 Å². The third kappa shape index (κ3) is 3.74. The number of hydrogen-bond acceptors (Lipinski definition) is 4. The molecule has 0 radical (unpaired) electrons. The van der Waals surface area contributed by atoms with Crippen molar-refractivity contribution in [2.45, 2.75) is 6.61 Å². The van der Waals surface area contributed by atoms with Crippen molar-refractivity contribution >= 4 is 17.6 Å². The van der Waals surface area contributed by atoms with Gasteiger partial charge in [-0.3, -0.25) is 0 Å². The molecule has 2 aromatic rings. The molecule has 0 saturated carbocycles. The number of carbonyl (C=O) groups excluding carboxylic acids is 1. The van der Waals surface area contributed by atoms with E-state index in [1.807, 2.05) is 6.07 Å². The molecule has 0 saturated heterocycles. The lowest BCUT2D eigenvalue weighted by atomic mass is 10.1. The third-order valence-corrected chi connectivity index (χ3v) is 3.15. The summed E-state index contributed by atoms with van der Waals surface area (Å²) in [5.41, 5.74) is 1.80. The fourth-order valence-electron chi connectivity index (χ4n) is 1.70. The van der Waals surface area contributed by atoms with Crippen LogP contribution in [0, 0.1) is 11.3 Å². The van der Waals surface area contributed by atoms with Gasteiger partial charge < -0.3 is 9.47 Å². The molecule has 0 aromatic heterocycles. The average molecular weight is 302 g/mol. The zero-order chi connectivity index (χ0) is 15.2. The van der Waals surface area contributed by atoms with E-state index in [0.29, 0.717) is 28.5 Å². The highest BCUT2D eigenvalue weighted by Crippen LogP contribution is 2.22. The number of halogens is 1. The van der Waals surface area contributed by atoms with Crippen molar-refractivity contribution in [1.82, 2.24) is 0 Å². The van der Waals surface area contributed by atoms with Crippen molar-refractivity contribution in [2.75, 3.05) is 7.11 Å². The topological polar surface area (TPSA) is 59.3 Å². The van der Waals surface area contributed by atoms with Gasteiger partial charge in [0.05, 0.1) is 23.3 Å². The molecule has 0 spiro atoms. The summed E-state index contributed by atoms with van der Waals surface area (Å²) in [5.74, 6) is 0.206. The van der Waals surface area contributed by atoms with Gasteiger partial charge in [-0.15, -0.1) is 0 Å². The fraction of sp³-hybridized carbons (Fsp3) is 0.125. The van der Waals surface area contributed by atoms with Crippen LogP contribution in [0.2, 0.25) is 5.02 Å². The number of esters is 1. The molecule has 0 amide bonds. The lowest BCUT2D eigenvalue weighted by molar-refractivity contribution is 0.0600. The Morgan fingerprint density at radius 3 is 2.52 bits per heavy atom. The Labute approximate surface area is 127 Å². The van der Waals surface area contributed by atoms with Crippen molar-refractivity contribution in [3.63, 3.8) is 0 Å². The zero-order valence-corrected chi connectivity index (χ0v) is 12.1. The van der Waals surface area contributed by atoms with Crippen LogP contribution in [-0.4, -0.2) is 13.1 Å². The monoisotopic (exact) mass is 301 g/mol. The molecule has 106 valence electrons. The number of carbonyl (C=O) groups is 1. The molecular weight excluding hydrogens is 290 g/mol. The van der Waals surface area contributed by atoms with E-state index in [4.69, 9.17) is 21.6 Å². The molecular formula is C16H12ClNO3. The number of nitriles is 1. The number of nitrogens with zero attached hydrogens (tertiary/aromatic N) is 1. The first-order valence-corrected chi connectivity index (χ1v) is 6.51. The summed E-state index contributed by atoms with van der Waals surface area (Å²) < 4.78 is 10.2. The summed E-state index contributed by atoms with van der Waals surface area (Å²) in [5, 5.41) is 9.15. The van der Waals surface area contributed by atoms with Crippen molar-refractivity contribution in [3.8, 4) is 11.8 Å². The summed E-state index contributed by atoms with van der Waals surface area (Å²) in [4.78, 5) is 11.3. The second-order valence-electron chi connectivity index (χ2n) is 4.23. The molecule has 0 unspecified atom stereocenters. The Morgan fingerprint density at radius 1 is 1.24 bits per heavy atom.